The molecule has 0 saturated carbocycles. The van der Waals surface area contributed by atoms with E-state index in [0.717, 1.165) is 18.6 Å². The van der Waals surface area contributed by atoms with Gasteiger partial charge in [-0.3, -0.25) is 0 Å². The second-order valence-corrected chi connectivity index (χ2v) is 5.80. The van der Waals surface area contributed by atoms with Crippen molar-refractivity contribution in [3.63, 3.8) is 0 Å². The van der Waals surface area contributed by atoms with Gasteiger partial charge in [-0.25, -0.2) is 0 Å². The summed E-state index contributed by atoms with van der Waals surface area (Å²) in [7, 11) is 0. The molecule has 1 unspecified atom stereocenters. The molecule has 1 heteroatoms. The van der Waals surface area contributed by atoms with Crippen molar-refractivity contribution in [1.82, 2.24) is 0 Å². The van der Waals surface area contributed by atoms with E-state index in [1.54, 1.807) is 6.26 Å². The lowest BCUT2D eigenvalue weighted by molar-refractivity contribution is 0.517. The maximum Gasteiger partial charge on any atom is 0.111 e. The summed E-state index contributed by atoms with van der Waals surface area (Å²) in [6, 6.07) is 13.5. The minimum atomic E-state index is 0.638. The topological polar surface area (TPSA) is 13.1 Å². The van der Waals surface area contributed by atoms with E-state index in [0.29, 0.717) is 5.92 Å². The molecule has 0 radical (unpaired) electrons. The average molecular weight is 262 g/mol. The average Bonchev–Trinajstić information content (AvgIpc) is 3.05. The van der Waals surface area contributed by atoms with Crippen LogP contribution in [0.15, 0.2) is 47.1 Å². The van der Waals surface area contributed by atoms with Crippen LogP contribution in [-0.2, 0) is 12.8 Å². The highest BCUT2D eigenvalue weighted by Crippen LogP contribution is 2.41. The van der Waals surface area contributed by atoms with Gasteiger partial charge in [-0.2, -0.15) is 0 Å². The minimum absolute atomic E-state index is 0.638. The molecule has 4 rings (SSSR count). The monoisotopic (exact) mass is 262 g/mol. The zero-order valence-electron chi connectivity index (χ0n) is 11.9. The molecule has 1 aliphatic carbocycles. The number of benzene rings is 2. The Balaban J connectivity index is 1.99. The number of hydrogen-bond donors (Lipinski definition) is 0. The van der Waals surface area contributed by atoms with Crippen LogP contribution in [0.25, 0.3) is 21.9 Å². The number of aryl methyl sites for hydroxylation is 1. The third kappa shape index (κ3) is 1.56. The van der Waals surface area contributed by atoms with Gasteiger partial charge >= 0.3 is 0 Å². The highest BCUT2D eigenvalue weighted by molar-refractivity contribution is 5.95. The molecule has 0 fully saturated rings. The Morgan fingerprint density at radius 1 is 1.20 bits per heavy atom. The van der Waals surface area contributed by atoms with Gasteiger partial charge in [-0.15, -0.1) is 0 Å². The molecule has 3 aromatic rings. The summed E-state index contributed by atoms with van der Waals surface area (Å²) in [6.07, 6.45) is 3.89. The molecule has 100 valence electrons. The first-order valence-electron chi connectivity index (χ1n) is 7.40. The summed E-state index contributed by atoms with van der Waals surface area (Å²) in [5.74, 6) is 1.72. The maximum atomic E-state index is 5.59. The van der Waals surface area contributed by atoms with E-state index < -0.39 is 0 Å². The van der Waals surface area contributed by atoms with Crippen LogP contribution in [0, 0.1) is 0 Å². The fourth-order valence-corrected chi connectivity index (χ4v) is 3.59. The molecule has 1 aromatic heterocycles. The Labute approximate surface area is 119 Å². The molecule has 0 amide bonds. The second kappa shape index (κ2) is 4.24. The van der Waals surface area contributed by atoms with E-state index in [9.17, 15) is 0 Å². The fourth-order valence-electron chi connectivity index (χ4n) is 3.59. The molecule has 2 aromatic carbocycles. The molecular weight excluding hydrogens is 244 g/mol. The summed E-state index contributed by atoms with van der Waals surface area (Å²) in [4.78, 5) is 0. The Kier molecular flexibility index (Phi) is 2.50. The van der Waals surface area contributed by atoms with Crippen LogP contribution in [0.2, 0.25) is 0 Å². The van der Waals surface area contributed by atoms with Crippen molar-refractivity contribution in [3.8, 4) is 11.1 Å². The summed E-state index contributed by atoms with van der Waals surface area (Å²) < 4.78 is 5.59. The molecule has 1 atom stereocenters. The van der Waals surface area contributed by atoms with Crippen LogP contribution >= 0.6 is 0 Å². The van der Waals surface area contributed by atoms with Crippen LogP contribution in [0.5, 0.6) is 0 Å². The maximum absolute atomic E-state index is 5.59. The van der Waals surface area contributed by atoms with Gasteiger partial charge in [0.1, 0.15) is 5.76 Å². The van der Waals surface area contributed by atoms with Gasteiger partial charge in [-0.05, 0) is 51.9 Å². The largest absolute Gasteiger partial charge is 0.469 e. The zero-order chi connectivity index (χ0) is 13.7. The molecule has 0 bridgehead atoms. The van der Waals surface area contributed by atoms with Crippen LogP contribution in [0.4, 0.5) is 0 Å². The lowest BCUT2D eigenvalue weighted by atomic mass is 9.97. The Morgan fingerprint density at radius 2 is 2.10 bits per heavy atom. The van der Waals surface area contributed by atoms with E-state index >= 15 is 0 Å². The highest BCUT2D eigenvalue weighted by atomic mass is 16.3. The summed E-state index contributed by atoms with van der Waals surface area (Å²) in [6.45, 7) is 4.46. The SMILES string of the molecule is CCc1occc1-c1cc2c3c(cccc3c1)C(C)C2. The van der Waals surface area contributed by atoms with Crippen molar-refractivity contribution in [3.05, 3.63) is 59.5 Å². The van der Waals surface area contributed by atoms with Gasteiger partial charge in [0.05, 0.1) is 6.26 Å². The van der Waals surface area contributed by atoms with Gasteiger partial charge in [0, 0.05) is 12.0 Å². The van der Waals surface area contributed by atoms with Crippen molar-refractivity contribution in [2.75, 3.05) is 0 Å². The molecule has 1 heterocycles. The van der Waals surface area contributed by atoms with Crippen LogP contribution in [0.3, 0.4) is 0 Å². The van der Waals surface area contributed by atoms with E-state index in [-0.39, 0.29) is 0 Å². The van der Waals surface area contributed by atoms with Crippen LogP contribution < -0.4 is 0 Å². The first-order valence-corrected chi connectivity index (χ1v) is 7.40. The Morgan fingerprint density at radius 3 is 2.95 bits per heavy atom. The molecule has 0 spiro atoms. The molecule has 20 heavy (non-hydrogen) atoms. The predicted octanol–water partition coefficient (Wildman–Crippen LogP) is 5.32. The smallest absolute Gasteiger partial charge is 0.111 e. The van der Waals surface area contributed by atoms with Crippen molar-refractivity contribution in [1.29, 1.82) is 0 Å². The van der Waals surface area contributed by atoms with Crippen molar-refractivity contribution in [2.24, 2.45) is 0 Å². The van der Waals surface area contributed by atoms with Crippen molar-refractivity contribution < 1.29 is 4.42 Å². The predicted molar refractivity (Wildman–Crippen MR) is 83.1 cm³/mol. The lowest BCUT2D eigenvalue weighted by Crippen LogP contribution is -1.87. The number of rotatable bonds is 2. The lowest BCUT2D eigenvalue weighted by Gasteiger charge is -2.07. The van der Waals surface area contributed by atoms with E-state index in [2.05, 4.69) is 50.2 Å². The van der Waals surface area contributed by atoms with E-state index in [1.807, 2.05) is 0 Å². The number of hydrogen-bond acceptors (Lipinski definition) is 1. The quantitative estimate of drug-likeness (QED) is 0.609. The molecule has 1 aliphatic rings. The minimum Gasteiger partial charge on any atom is -0.469 e. The molecule has 1 nitrogen and oxygen atoms in total. The molecule has 0 saturated heterocycles. The van der Waals surface area contributed by atoms with E-state index in [4.69, 9.17) is 4.42 Å². The van der Waals surface area contributed by atoms with Crippen molar-refractivity contribution >= 4 is 10.8 Å². The van der Waals surface area contributed by atoms with Gasteiger partial charge in [0.2, 0.25) is 0 Å². The first kappa shape index (κ1) is 11.8. The fraction of sp³-hybridized carbons (Fsp3) is 0.263. The normalized spacial score (nSPS) is 17.0. The third-order valence-electron chi connectivity index (χ3n) is 4.53. The van der Waals surface area contributed by atoms with Gasteiger partial charge in [0.25, 0.3) is 0 Å². The van der Waals surface area contributed by atoms with Gasteiger partial charge in [-0.1, -0.05) is 38.1 Å². The van der Waals surface area contributed by atoms with Gasteiger partial charge in [0.15, 0.2) is 0 Å². The zero-order valence-corrected chi connectivity index (χ0v) is 11.9. The molecule has 0 aliphatic heterocycles. The standard InChI is InChI=1S/C19H18O/c1-3-18-17(7-8-20-18)14-10-13-5-4-6-16-12(2)9-15(11-14)19(13)16/h4-8,10-12H,3,9H2,1-2H3. The van der Waals surface area contributed by atoms with Crippen molar-refractivity contribution in [2.45, 2.75) is 32.6 Å². The van der Waals surface area contributed by atoms with Crippen LogP contribution in [-0.4, -0.2) is 0 Å². The summed E-state index contributed by atoms with van der Waals surface area (Å²) in [5.41, 5.74) is 5.54. The van der Waals surface area contributed by atoms with Crippen LogP contribution in [0.1, 0.15) is 36.7 Å². The molecular formula is C19H18O. The summed E-state index contributed by atoms with van der Waals surface area (Å²) >= 11 is 0. The molecule has 0 N–H and O–H groups in total. The van der Waals surface area contributed by atoms with E-state index in [1.165, 1.54) is 33.0 Å². The Hall–Kier alpha value is -2.02. The summed E-state index contributed by atoms with van der Waals surface area (Å²) in [5, 5.41) is 2.84. The third-order valence-corrected chi connectivity index (χ3v) is 4.53. The second-order valence-electron chi connectivity index (χ2n) is 5.80. The highest BCUT2D eigenvalue weighted by Gasteiger charge is 2.22. The van der Waals surface area contributed by atoms with Gasteiger partial charge < -0.3 is 4.42 Å². The number of furan rings is 1. The first-order chi connectivity index (χ1) is 9.78. The Bertz CT molecular complexity index is 795.